The first-order valence-electron chi connectivity index (χ1n) is 14.7. The molecule has 2 spiro atoms. The van der Waals surface area contributed by atoms with Crippen LogP contribution in [-0.2, 0) is 14.3 Å². The number of hydrogen-bond acceptors (Lipinski definition) is 5. The molecule has 0 bridgehead atoms. The van der Waals surface area contributed by atoms with Gasteiger partial charge >= 0.3 is 5.97 Å². The van der Waals surface area contributed by atoms with E-state index in [2.05, 4.69) is 41.5 Å². The van der Waals surface area contributed by atoms with E-state index in [9.17, 15) is 15.0 Å². The van der Waals surface area contributed by atoms with E-state index in [1.54, 1.807) is 5.57 Å². The molecule has 5 heteroatoms. The van der Waals surface area contributed by atoms with Gasteiger partial charge in [0.25, 0.3) is 0 Å². The summed E-state index contributed by atoms with van der Waals surface area (Å²) in [4.78, 5) is 12.6. The van der Waals surface area contributed by atoms with Crippen molar-refractivity contribution in [3.05, 3.63) is 11.1 Å². The van der Waals surface area contributed by atoms with Gasteiger partial charge in [-0.25, -0.2) is 0 Å². The standard InChI is InChI=1S/C31H48O5/c1-17-15-31(19(3)18(2)26(34)36-31)35-16-30-20(17)10-13-29(30,7)21-8-9-23-27(4,5)24(32)11-12-28(23,6)22(21)14-25(30)33/h17-20,23-25,32-33H,8-16H2,1-7H3/t17-,18-,19-,20+,23-,24+,25-,28+,29-,30-,31-/m0/s1. The highest BCUT2D eigenvalue weighted by molar-refractivity contribution is 5.75. The van der Waals surface area contributed by atoms with Gasteiger partial charge in [-0.15, -0.1) is 0 Å². The Morgan fingerprint density at radius 2 is 1.64 bits per heavy atom. The van der Waals surface area contributed by atoms with Crippen LogP contribution >= 0.6 is 0 Å². The zero-order chi connectivity index (χ0) is 26.1. The lowest BCUT2D eigenvalue weighted by molar-refractivity contribution is -0.248. The number of hydrogen-bond donors (Lipinski definition) is 2. The van der Waals surface area contributed by atoms with Crippen LogP contribution in [-0.4, -0.2) is 40.8 Å². The molecule has 2 aliphatic heterocycles. The molecule has 202 valence electrons. The van der Waals surface area contributed by atoms with Crippen molar-refractivity contribution in [3.8, 4) is 0 Å². The number of ether oxygens (including phenoxy) is 2. The molecular formula is C31H48O5. The summed E-state index contributed by atoms with van der Waals surface area (Å²) in [6, 6.07) is 0. The molecule has 5 nitrogen and oxygen atoms in total. The second-order valence-electron chi connectivity index (χ2n) is 14.9. The van der Waals surface area contributed by atoms with Crippen molar-refractivity contribution >= 4 is 5.97 Å². The van der Waals surface area contributed by atoms with Crippen LogP contribution in [0, 0.1) is 51.2 Å². The molecule has 36 heavy (non-hydrogen) atoms. The zero-order valence-corrected chi connectivity index (χ0v) is 23.5. The van der Waals surface area contributed by atoms with E-state index in [1.807, 2.05) is 6.92 Å². The quantitative estimate of drug-likeness (QED) is 0.333. The van der Waals surface area contributed by atoms with Crippen LogP contribution in [0.4, 0.5) is 0 Å². The predicted molar refractivity (Wildman–Crippen MR) is 138 cm³/mol. The van der Waals surface area contributed by atoms with Crippen molar-refractivity contribution in [2.45, 2.75) is 118 Å². The summed E-state index contributed by atoms with van der Waals surface area (Å²) in [6.45, 7) is 16.2. The highest BCUT2D eigenvalue weighted by Crippen LogP contribution is 2.73. The number of aliphatic hydroxyl groups excluding tert-OH is 2. The zero-order valence-electron chi connectivity index (χ0n) is 23.5. The number of carbonyl (C=O) groups excluding carboxylic acids is 1. The van der Waals surface area contributed by atoms with Gasteiger partial charge in [0.1, 0.15) is 0 Å². The summed E-state index contributed by atoms with van der Waals surface area (Å²) in [7, 11) is 0. The van der Waals surface area contributed by atoms with E-state index in [-0.39, 0.29) is 45.6 Å². The van der Waals surface area contributed by atoms with Crippen LogP contribution in [0.1, 0.15) is 99.8 Å². The fourth-order valence-electron chi connectivity index (χ4n) is 11.0. The summed E-state index contributed by atoms with van der Waals surface area (Å²) in [5.74, 6) is -0.0750. The maximum absolute atomic E-state index is 12.6. The molecule has 2 N–H and O–H groups in total. The molecule has 2 saturated heterocycles. The number of allylic oxidation sites excluding steroid dienone is 1. The van der Waals surface area contributed by atoms with E-state index in [0.29, 0.717) is 24.4 Å². The van der Waals surface area contributed by atoms with Crippen LogP contribution in [0.2, 0.25) is 0 Å². The monoisotopic (exact) mass is 500 g/mol. The molecule has 6 aliphatic rings. The fraction of sp³-hybridized carbons (Fsp3) is 0.903. The van der Waals surface area contributed by atoms with E-state index in [4.69, 9.17) is 9.47 Å². The summed E-state index contributed by atoms with van der Waals surface area (Å²) in [6.07, 6.45) is 6.90. The lowest BCUT2D eigenvalue weighted by atomic mass is 9.42. The van der Waals surface area contributed by atoms with Crippen molar-refractivity contribution in [1.82, 2.24) is 0 Å². The second kappa shape index (κ2) is 7.60. The normalized spacial score (nSPS) is 55.9. The molecule has 0 unspecified atom stereocenters. The number of fused-ring (bicyclic) bond motifs is 3. The van der Waals surface area contributed by atoms with Crippen molar-refractivity contribution in [2.75, 3.05) is 6.61 Å². The van der Waals surface area contributed by atoms with Crippen molar-refractivity contribution in [2.24, 2.45) is 51.2 Å². The molecule has 2 saturated carbocycles. The van der Waals surface area contributed by atoms with Crippen LogP contribution in [0.3, 0.4) is 0 Å². The molecule has 6 rings (SSSR count). The first kappa shape index (κ1) is 25.4. The number of carbonyl (C=O) groups is 1. The topological polar surface area (TPSA) is 76.0 Å². The molecular weight excluding hydrogens is 452 g/mol. The third-order valence-electron chi connectivity index (χ3n) is 13.4. The van der Waals surface area contributed by atoms with Gasteiger partial charge < -0.3 is 19.7 Å². The number of aliphatic hydroxyl groups is 2. The van der Waals surface area contributed by atoms with Gasteiger partial charge in [0.2, 0.25) is 5.79 Å². The Bertz CT molecular complexity index is 1000. The fourth-order valence-corrected chi connectivity index (χ4v) is 11.0. The Labute approximate surface area is 217 Å². The lowest BCUT2D eigenvalue weighted by Crippen LogP contribution is -2.60. The third-order valence-corrected chi connectivity index (χ3v) is 13.4. The third kappa shape index (κ3) is 2.81. The Hall–Kier alpha value is -0.910. The van der Waals surface area contributed by atoms with E-state index < -0.39 is 11.9 Å². The summed E-state index contributed by atoms with van der Waals surface area (Å²) in [5.41, 5.74) is 2.55. The summed E-state index contributed by atoms with van der Waals surface area (Å²) in [5, 5.41) is 23.1. The minimum absolute atomic E-state index is 0.00897. The maximum Gasteiger partial charge on any atom is 0.311 e. The van der Waals surface area contributed by atoms with Crippen molar-refractivity contribution < 1.29 is 24.5 Å². The molecule has 2 heterocycles. The highest BCUT2D eigenvalue weighted by atomic mass is 16.7. The smallest absolute Gasteiger partial charge is 0.311 e. The van der Waals surface area contributed by atoms with Gasteiger partial charge in [-0.05, 0) is 78.9 Å². The molecule has 0 radical (unpaired) electrons. The molecule has 0 aromatic carbocycles. The summed E-state index contributed by atoms with van der Waals surface area (Å²) < 4.78 is 12.8. The molecule has 4 aliphatic carbocycles. The van der Waals surface area contributed by atoms with Gasteiger partial charge in [-0.3, -0.25) is 4.79 Å². The molecule has 0 aromatic heterocycles. The molecule has 11 atom stereocenters. The maximum atomic E-state index is 12.6. The molecule has 4 fully saturated rings. The van der Waals surface area contributed by atoms with Gasteiger partial charge in [0.05, 0.1) is 24.7 Å². The van der Waals surface area contributed by atoms with Crippen LogP contribution in [0.15, 0.2) is 11.1 Å². The van der Waals surface area contributed by atoms with E-state index in [1.165, 1.54) is 5.57 Å². The largest absolute Gasteiger partial charge is 0.433 e. The first-order valence-corrected chi connectivity index (χ1v) is 14.7. The Morgan fingerprint density at radius 1 is 0.917 bits per heavy atom. The minimum Gasteiger partial charge on any atom is -0.433 e. The molecule has 0 amide bonds. The predicted octanol–water partition coefficient (Wildman–Crippen LogP) is 5.63. The van der Waals surface area contributed by atoms with Gasteiger partial charge in [0.15, 0.2) is 0 Å². The SMILES string of the molecule is C[C@@H]1C(=O)O[C@@]2(C[C@H](C)[C@H]3CC[C@@]4(C)C5=C(C[C@H](O)[C@]34CO2)[C@@]2(C)CC[C@@H](O)C(C)(C)[C@@H]2CC5)[C@H]1C. The lowest BCUT2D eigenvalue weighted by Gasteiger charge is -2.63. The summed E-state index contributed by atoms with van der Waals surface area (Å²) >= 11 is 0. The van der Waals surface area contributed by atoms with Crippen molar-refractivity contribution in [1.29, 1.82) is 0 Å². The Morgan fingerprint density at radius 3 is 2.31 bits per heavy atom. The average Bonchev–Trinajstić information content (AvgIpc) is 3.18. The van der Waals surface area contributed by atoms with Crippen LogP contribution in [0.25, 0.3) is 0 Å². The van der Waals surface area contributed by atoms with Crippen LogP contribution in [0.5, 0.6) is 0 Å². The second-order valence-corrected chi connectivity index (χ2v) is 14.9. The van der Waals surface area contributed by atoms with Crippen molar-refractivity contribution in [3.63, 3.8) is 0 Å². The Balaban J connectivity index is 1.44. The highest BCUT2D eigenvalue weighted by Gasteiger charge is 2.71. The Kier molecular flexibility index (Phi) is 5.36. The first-order chi connectivity index (χ1) is 16.7. The van der Waals surface area contributed by atoms with Gasteiger partial charge in [-0.1, -0.05) is 59.6 Å². The van der Waals surface area contributed by atoms with E-state index >= 15 is 0 Å². The van der Waals surface area contributed by atoms with E-state index in [0.717, 1.165) is 51.4 Å². The minimum atomic E-state index is -0.864. The van der Waals surface area contributed by atoms with Crippen LogP contribution < -0.4 is 0 Å². The number of esters is 1. The molecule has 0 aromatic rings. The number of rotatable bonds is 0. The average molecular weight is 501 g/mol. The van der Waals surface area contributed by atoms with Gasteiger partial charge in [0, 0.05) is 17.8 Å². The van der Waals surface area contributed by atoms with Gasteiger partial charge in [-0.2, -0.15) is 0 Å².